The second-order valence-electron chi connectivity index (χ2n) is 7.94. The number of piperazine rings is 1. The highest BCUT2D eigenvalue weighted by atomic mass is 35.5. The van der Waals surface area contributed by atoms with Crippen LogP contribution in [-0.2, 0) is 4.79 Å². The molecule has 166 valence electrons. The predicted octanol–water partition coefficient (Wildman–Crippen LogP) is 5.39. The Bertz CT molecular complexity index is 1220. The minimum atomic E-state index is -0.155. The summed E-state index contributed by atoms with van der Waals surface area (Å²) in [7, 11) is 0. The lowest BCUT2D eigenvalue weighted by Gasteiger charge is -2.36. The third kappa shape index (κ3) is 4.77. The van der Waals surface area contributed by atoms with Crippen molar-refractivity contribution in [1.29, 1.82) is 0 Å². The van der Waals surface area contributed by atoms with E-state index >= 15 is 0 Å². The van der Waals surface area contributed by atoms with Gasteiger partial charge in [-0.05, 0) is 54.1 Å². The van der Waals surface area contributed by atoms with Crippen molar-refractivity contribution in [3.8, 4) is 0 Å². The number of amides is 2. The van der Waals surface area contributed by atoms with E-state index < -0.39 is 0 Å². The van der Waals surface area contributed by atoms with Crippen molar-refractivity contribution in [1.82, 2.24) is 4.90 Å². The molecule has 0 bridgehead atoms. The molecule has 1 N–H and O–H groups in total. The Labute approximate surface area is 202 Å². The molecule has 5 nitrogen and oxygen atoms in total. The lowest BCUT2D eigenvalue weighted by Crippen LogP contribution is -2.48. The number of carbonyl (C=O) groups is 2. The molecular weight excluding hydrogens is 454 g/mol. The highest BCUT2D eigenvalue weighted by molar-refractivity contribution is 8.04. The summed E-state index contributed by atoms with van der Waals surface area (Å²) in [5.41, 5.74) is 3.36. The molecule has 2 amide bonds. The first kappa shape index (κ1) is 21.6. The van der Waals surface area contributed by atoms with E-state index in [9.17, 15) is 9.59 Å². The van der Waals surface area contributed by atoms with Crippen LogP contribution in [0.25, 0.3) is 6.08 Å². The van der Waals surface area contributed by atoms with Crippen LogP contribution in [0.15, 0.2) is 82.6 Å². The second-order valence-corrected chi connectivity index (χ2v) is 9.46. The Morgan fingerprint density at radius 1 is 0.939 bits per heavy atom. The summed E-state index contributed by atoms with van der Waals surface area (Å²) in [4.78, 5) is 31.4. The molecule has 0 aliphatic carbocycles. The van der Waals surface area contributed by atoms with Crippen molar-refractivity contribution < 1.29 is 9.59 Å². The largest absolute Gasteiger partial charge is 0.368 e. The van der Waals surface area contributed by atoms with Gasteiger partial charge >= 0.3 is 0 Å². The van der Waals surface area contributed by atoms with Crippen LogP contribution >= 0.6 is 23.4 Å². The SMILES string of the molecule is O=C1Nc2cc(C(=O)N3CCN(c4ccc(Cl)cc4)CC3)ccc2S/C1=C\c1ccccc1. The number of hydrogen-bond donors (Lipinski definition) is 1. The molecule has 0 atom stereocenters. The molecule has 1 saturated heterocycles. The van der Waals surface area contributed by atoms with Gasteiger partial charge in [-0.1, -0.05) is 53.7 Å². The summed E-state index contributed by atoms with van der Waals surface area (Å²) >= 11 is 7.41. The smallest absolute Gasteiger partial charge is 0.262 e. The van der Waals surface area contributed by atoms with E-state index in [-0.39, 0.29) is 11.8 Å². The summed E-state index contributed by atoms with van der Waals surface area (Å²) < 4.78 is 0. The van der Waals surface area contributed by atoms with E-state index in [1.165, 1.54) is 11.8 Å². The van der Waals surface area contributed by atoms with Gasteiger partial charge in [-0.3, -0.25) is 9.59 Å². The van der Waals surface area contributed by atoms with Gasteiger partial charge in [0.25, 0.3) is 11.8 Å². The van der Waals surface area contributed by atoms with E-state index in [2.05, 4.69) is 10.2 Å². The molecule has 0 radical (unpaired) electrons. The van der Waals surface area contributed by atoms with Crippen molar-refractivity contribution in [3.05, 3.63) is 93.9 Å². The maximum Gasteiger partial charge on any atom is 0.262 e. The Hall–Kier alpha value is -3.22. The minimum absolute atomic E-state index is 0.0153. The second kappa shape index (κ2) is 9.33. The Balaban J connectivity index is 1.26. The summed E-state index contributed by atoms with van der Waals surface area (Å²) in [6.07, 6.45) is 1.88. The Morgan fingerprint density at radius 2 is 1.67 bits per heavy atom. The van der Waals surface area contributed by atoms with Gasteiger partial charge in [0.2, 0.25) is 0 Å². The standard InChI is InChI=1S/C26H22ClN3O2S/c27-20-7-9-21(10-8-20)29-12-14-30(15-13-29)26(32)19-6-11-23-22(17-19)28-25(31)24(33-23)16-18-4-2-1-3-5-18/h1-11,16-17H,12-15H2,(H,28,31)/b24-16-. The zero-order valence-electron chi connectivity index (χ0n) is 17.8. The molecule has 5 rings (SSSR count). The maximum atomic E-state index is 13.1. The van der Waals surface area contributed by atoms with Crippen molar-refractivity contribution in [2.24, 2.45) is 0 Å². The summed E-state index contributed by atoms with van der Waals surface area (Å²) in [5, 5.41) is 3.66. The predicted molar refractivity (Wildman–Crippen MR) is 135 cm³/mol. The quantitative estimate of drug-likeness (QED) is 0.516. The first-order chi connectivity index (χ1) is 16.1. The number of rotatable bonds is 3. The summed E-state index contributed by atoms with van der Waals surface area (Å²) in [6.45, 7) is 2.81. The highest BCUT2D eigenvalue weighted by Gasteiger charge is 2.25. The van der Waals surface area contributed by atoms with Gasteiger partial charge in [0.05, 0.1) is 10.6 Å². The van der Waals surface area contributed by atoms with Gasteiger partial charge in [-0.25, -0.2) is 0 Å². The average molecular weight is 476 g/mol. The van der Waals surface area contributed by atoms with Crippen molar-refractivity contribution >= 4 is 52.6 Å². The first-order valence-corrected chi connectivity index (χ1v) is 12.0. The summed E-state index contributed by atoms with van der Waals surface area (Å²) in [5.74, 6) is -0.170. The fourth-order valence-corrected chi connectivity index (χ4v) is 5.05. The van der Waals surface area contributed by atoms with E-state index in [0.29, 0.717) is 34.3 Å². The van der Waals surface area contributed by atoms with Crippen LogP contribution in [0.1, 0.15) is 15.9 Å². The molecule has 2 aliphatic rings. The zero-order chi connectivity index (χ0) is 22.8. The molecule has 3 aromatic rings. The molecule has 3 aromatic carbocycles. The molecule has 2 heterocycles. The van der Waals surface area contributed by atoms with Gasteiger partial charge in [-0.15, -0.1) is 0 Å². The van der Waals surface area contributed by atoms with Gasteiger partial charge in [0.1, 0.15) is 0 Å². The van der Waals surface area contributed by atoms with Crippen LogP contribution in [0.3, 0.4) is 0 Å². The molecular formula is C26H22ClN3O2S. The number of carbonyl (C=O) groups excluding carboxylic acids is 2. The third-order valence-electron chi connectivity index (χ3n) is 5.77. The van der Waals surface area contributed by atoms with Gasteiger partial charge in [-0.2, -0.15) is 0 Å². The number of anilines is 2. The number of nitrogens with zero attached hydrogens (tertiary/aromatic N) is 2. The van der Waals surface area contributed by atoms with E-state index in [1.54, 1.807) is 6.07 Å². The fourth-order valence-electron chi connectivity index (χ4n) is 4.00. The molecule has 7 heteroatoms. The minimum Gasteiger partial charge on any atom is -0.368 e. The fraction of sp³-hybridized carbons (Fsp3) is 0.154. The number of hydrogen-bond acceptors (Lipinski definition) is 4. The van der Waals surface area contributed by atoms with Gasteiger partial charge < -0.3 is 15.1 Å². The Kier molecular flexibility index (Phi) is 6.11. The topological polar surface area (TPSA) is 52.7 Å². The van der Waals surface area contributed by atoms with E-state index in [0.717, 1.165) is 29.2 Å². The van der Waals surface area contributed by atoms with Gasteiger partial charge in [0.15, 0.2) is 0 Å². The van der Waals surface area contributed by atoms with E-state index in [4.69, 9.17) is 11.6 Å². The lowest BCUT2D eigenvalue weighted by molar-refractivity contribution is -0.112. The molecule has 1 fully saturated rings. The molecule has 0 aromatic heterocycles. The van der Waals surface area contributed by atoms with Crippen molar-refractivity contribution in [3.63, 3.8) is 0 Å². The third-order valence-corrected chi connectivity index (χ3v) is 7.13. The van der Waals surface area contributed by atoms with Crippen LogP contribution in [0, 0.1) is 0 Å². The Morgan fingerprint density at radius 3 is 2.39 bits per heavy atom. The molecule has 0 spiro atoms. The zero-order valence-corrected chi connectivity index (χ0v) is 19.4. The number of halogens is 1. The first-order valence-electron chi connectivity index (χ1n) is 10.8. The van der Waals surface area contributed by atoms with Crippen molar-refractivity contribution in [2.45, 2.75) is 4.90 Å². The molecule has 2 aliphatic heterocycles. The lowest BCUT2D eigenvalue weighted by atomic mass is 10.1. The monoisotopic (exact) mass is 475 g/mol. The molecule has 0 unspecified atom stereocenters. The summed E-state index contributed by atoms with van der Waals surface area (Å²) in [6, 6.07) is 23.1. The molecule has 33 heavy (non-hydrogen) atoms. The average Bonchev–Trinajstić information content (AvgIpc) is 2.85. The number of nitrogens with one attached hydrogen (secondary N) is 1. The molecule has 0 saturated carbocycles. The van der Waals surface area contributed by atoms with Gasteiger partial charge in [0, 0.05) is 47.3 Å². The van der Waals surface area contributed by atoms with E-state index in [1.807, 2.05) is 77.7 Å². The number of thioether (sulfide) groups is 1. The van der Waals surface area contributed by atoms with Crippen molar-refractivity contribution in [2.75, 3.05) is 36.4 Å². The number of fused-ring (bicyclic) bond motifs is 1. The van der Waals surface area contributed by atoms with Crippen LogP contribution < -0.4 is 10.2 Å². The van der Waals surface area contributed by atoms with Crippen LogP contribution in [0.2, 0.25) is 5.02 Å². The van der Waals surface area contributed by atoms with Crippen LogP contribution in [-0.4, -0.2) is 42.9 Å². The van der Waals surface area contributed by atoms with Crippen LogP contribution in [0.4, 0.5) is 11.4 Å². The number of benzene rings is 3. The van der Waals surface area contributed by atoms with Crippen LogP contribution in [0.5, 0.6) is 0 Å². The maximum absolute atomic E-state index is 13.1. The highest BCUT2D eigenvalue weighted by Crippen LogP contribution is 2.39. The normalized spacial score (nSPS) is 17.0.